The summed E-state index contributed by atoms with van der Waals surface area (Å²) in [4.78, 5) is 0. The molecule has 0 saturated carbocycles. The Morgan fingerprint density at radius 1 is 0.706 bits per heavy atom. The van der Waals surface area contributed by atoms with Gasteiger partial charge in [0.05, 0.1) is 0 Å². The Hall–Kier alpha value is -1.76. The molecule has 0 amide bonds. The highest BCUT2D eigenvalue weighted by atomic mass is 14.9. The Morgan fingerprint density at radius 2 is 1.35 bits per heavy atom. The molecule has 2 rings (SSSR count). The predicted octanol–water partition coefficient (Wildman–Crippen LogP) is 4.66. The van der Waals surface area contributed by atoms with Crippen molar-refractivity contribution in [1.82, 2.24) is 0 Å². The molecular formula is C16H19N. The number of rotatable bonds is 2. The molecule has 0 aromatic heterocycles. The van der Waals surface area contributed by atoms with E-state index in [0.717, 1.165) is 5.69 Å². The van der Waals surface area contributed by atoms with Crippen LogP contribution in [0, 0.1) is 27.7 Å². The smallest absolute Gasteiger partial charge is 0.0443 e. The van der Waals surface area contributed by atoms with Crippen LogP contribution in [-0.4, -0.2) is 0 Å². The van der Waals surface area contributed by atoms with E-state index < -0.39 is 0 Å². The van der Waals surface area contributed by atoms with E-state index in [9.17, 15) is 0 Å². The highest BCUT2D eigenvalue weighted by Gasteiger charge is 2.02. The Labute approximate surface area is 103 Å². The second kappa shape index (κ2) is 4.62. The molecule has 0 heterocycles. The van der Waals surface area contributed by atoms with Gasteiger partial charge in [0.2, 0.25) is 0 Å². The first-order valence-electron chi connectivity index (χ1n) is 5.98. The number of benzene rings is 2. The van der Waals surface area contributed by atoms with Crippen LogP contribution >= 0.6 is 0 Å². The minimum Gasteiger partial charge on any atom is -0.355 e. The van der Waals surface area contributed by atoms with Crippen LogP contribution < -0.4 is 5.32 Å². The molecule has 0 aliphatic carbocycles. The first kappa shape index (κ1) is 11.7. The van der Waals surface area contributed by atoms with Crippen LogP contribution in [0.3, 0.4) is 0 Å². The van der Waals surface area contributed by atoms with Gasteiger partial charge in [-0.3, -0.25) is 0 Å². The average Bonchev–Trinajstić information content (AvgIpc) is 2.28. The van der Waals surface area contributed by atoms with Gasteiger partial charge in [0, 0.05) is 11.4 Å². The first-order chi connectivity index (χ1) is 8.08. The van der Waals surface area contributed by atoms with E-state index in [0.29, 0.717) is 0 Å². The second-order valence-corrected chi connectivity index (χ2v) is 4.69. The van der Waals surface area contributed by atoms with Crippen molar-refractivity contribution in [3.05, 3.63) is 58.7 Å². The molecule has 0 radical (unpaired) electrons. The maximum Gasteiger partial charge on any atom is 0.0443 e. The SMILES string of the molecule is Cc1ccc(Nc2c(C)cccc2C)cc1C. The minimum atomic E-state index is 1.16. The standard InChI is InChI=1S/C16H19N/c1-11-8-9-15(10-14(11)4)17-16-12(2)6-5-7-13(16)3/h5-10,17H,1-4H3. The van der Waals surface area contributed by atoms with Gasteiger partial charge in [-0.05, 0) is 62.1 Å². The van der Waals surface area contributed by atoms with Crippen LogP contribution in [0.15, 0.2) is 36.4 Å². The van der Waals surface area contributed by atoms with Crippen molar-refractivity contribution in [2.24, 2.45) is 0 Å². The molecule has 0 bridgehead atoms. The lowest BCUT2D eigenvalue weighted by Gasteiger charge is -2.13. The molecule has 88 valence electrons. The summed E-state index contributed by atoms with van der Waals surface area (Å²) in [6.07, 6.45) is 0. The molecule has 1 nitrogen and oxygen atoms in total. The third-order valence-electron chi connectivity index (χ3n) is 3.26. The van der Waals surface area contributed by atoms with E-state index in [1.165, 1.54) is 27.9 Å². The van der Waals surface area contributed by atoms with Gasteiger partial charge in [-0.1, -0.05) is 24.3 Å². The highest BCUT2D eigenvalue weighted by molar-refractivity contribution is 5.67. The Morgan fingerprint density at radius 3 is 1.94 bits per heavy atom. The van der Waals surface area contributed by atoms with E-state index >= 15 is 0 Å². The molecule has 17 heavy (non-hydrogen) atoms. The largest absolute Gasteiger partial charge is 0.355 e. The Bertz CT molecular complexity index is 521. The maximum atomic E-state index is 3.51. The summed E-state index contributed by atoms with van der Waals surface area (Å²) in [5.74, 6) is 0. The third kappa shape index (κ3) is 2.50. The molecule has 2 aromatic rings. The lowest BCUT2D eigenvalue weighted by Crippen LogP contribution is -1.96. The molecule has 0 atom stereocenters. The van der Waals surface area contributed by atoms with E-state index in [-0.39, 0.29) is 0 Å². The molecule has 1 N–H and O–H groups in total. The fourth-order valence-corrected chi connectivity index (χ4v) is 1.98. The summed E-state index contributed by atoms with van der Waals surface area (Å²) < 4.78 is 0. The third-order valence-corrected chi connectivity index (χ3v) is 3.26. The first-order valence-corrected chi connectivity index (χ1v) is 5.98. The van der Waals surface area contributed by atoms with Crippen molar-refractivity contribution >= 4 is 11.4 Å². The van der Waals surface area contributed by atoms with E-state index in [1.807, 2.05) is 0 Å². The van der Waals surface area contributed by atoms with Gasteiger partial charge in [-0.25, -0.2) is 0 Å². The average molecular weight is 225 g/mol. The second-order valence-electron chi connectivity index (χ2n) is 4.69. The number of hydrogen-bond acceptors (Lipinski definition) is 1. The molecule has 0 spiro atoms. The summed E-state index contributed by atoms with van der Waals surface area (Å²) in [6, 6.07) is 12.9. The fraction of sp³-hybridized carbons (Fsp3) is 0.250. The summed E-state index contributed by atoms with van der Waals surface area (Å²) in [5, 5.41) is 3.51. The molecule has 0 aliphatic rings. The van der Waals surface area contributed by atoms with Gasteiger partial charge in [-0.15, -0.1) is 0 Å². The summed E-state index contributed by atoms with van der Waals surface area (Å²) in [5.41, 5.74) is 7.59. The molecule has 1 heteroatoms. The van der Waals surface area contributed by atoms with Crippen LogP contribution in [-0.2, 0) is 0 Å². The Kier molecular flexibility index (Phi) is 3.19. The fourth-order valence-electron chi connectivity index (χ4n) is 1.98. The topological polar surface area (TPSA) is 12.0 Å². The van der Waals surface area contributed by atoms with Gasteiger partial charge < -0.3 is 5.32 Å². The van der Waals surface area contributed by atoms with E-state index in [2.05, 4.69) is 69.4 Å². The monoisotopic (exact) mass is 225 g/mol. The molecule has 0 unspecified atom stereocenters. The van der Waals surface area contributed by atoms with Gasteiger partial charge in [0.1, 0.15) is 0 Å². The zero-order chi connectivity index (χ0) is 12.4. The van der Waals surface area contributed by atoms with Crippen molar-refractivity contribution in [1.29, 1.82) is 0 Å². The van der Waals surface area contributed by atoms with Crippen LogP contribution in [0.25, 0.3) is 0 Å². The van der Waals surface area contributed by atoms with Crippen molar-refractivity contribution in [2.75, 3.05) is 5.32 Å². The number of anilines is 2. The van der Waals surface area contributed by atoms with Gasteiger partial charge >= 0.3 is 0 Å². The molecular weight excluding hydrogens is 206 g/mol. The van der Waals surface area contributed by atoms with Crippen molar-refractivity contribution in [2.45, 2.75) is 27.7 Å². The van der Waals surface area contributed by atoms with Crippen molar-refractivity contribution in [3.63, 3.8) is 0 Å². The molecule has 0 aliphatic heterocycles. The number of aryl methyl sites for hydroxylation is 4. The van der Waals surface area contributed by atoms with Crippen molar-refractivity contribution in [3.8, 4) is 0 Å². The van der Waals surface area contributed by atoms with Crippen LogP contribution in [0.2, 0.25) is 0 Å². The van der Waals surface area contributed by atoms with Crippen molar-refractivity contribution < 1.29 is 0 Å². The van der Waals surface area contributed by atoms with Gasteiger partial charge in [0.25, 0.3) is 0 Å². The lowest BCUT2D eigenvalue weighted by molar-refractivity contribution is 1.32. The lowest BCUT2D eigenvalue weighted by atomic mass is 10.1. The molecule has 0 saturated heterocycles. The summed E-state index contributed by atoms with van der Waals surface area (Å²) in [6.45, 7) is 8.55. The number of nitrogens with one attached hydrogen (secondary N) is 1. The van der Waals surface area contributed by atoms with E-state index in [4.69, 9.17) is 0 Å². The summed E-state index contributed by atoms with van der Waals surface area (Å²) >= 11 is 0. The normalized spacial score (nSPS) is 10.4. The zero-order valence-corrected chi connectivity index (χ0v) is 11.0. The van der Waals surface area contributed by atoms with Gasteiger partial charge in [0.15, 0.2) is 0 Å². The predicted molar refractivity (Wildman–Crippen MR) is 75.1 cm³/mol. The van der Waals surface area contributed by atoms with Gasteiger partial charge in [-0.2, -0.15) is 0 Å². The minimum absolute atomic E-state index is 1.16. The highest BCUT2D eigenvalue weighted by Crippen LogP contribution is 2.25. The summed E-state index contributed by atoms with van der Waals surface area (Å²) in [7, 11) is 0. The molecule has 0 fully saturated rings. The number of hydrogen-bond donors (Lipinski definition) is 1. The number of para-hydroxylation sites is 1. The quantitative estimate of drug-likeness (QED) is 0.783. The van der Waals surface area contributed by atoms with Crippen LogP contribution in [0.5, 0.6) is 0 Å². The Balaban J connectivity index is 2.35. The van der Waals surface area contributed by atoms with Crippen LogP contribution in [0.1, 0.15) is 22.3 Å². The van der Waals surface area contributed by atoms with Crippen LogP contribution in [0.4, 0.5) is 11.4 Å². The maximum absolute atomic E-state index is 3.51. The zero-order valence-electron chi connectivity index (χ0n) is 11.0. The van der Waals surface area contributed by atoms with E-state index in [1.54, 1.807) is 0 Å². The molecule has 2 aromatic carbocycles.